The van der Waals surface area contributed by atoms with Crippen molar-refractivity contribution in [2.24, 2.45) is 35.0 Å². The summed E-state index contributed by atoms with van der Waals surface area (Å²) < 4.78 is 55.6. The maximum absolute atomic E-state index is 13.9. The van der Waals surface area contributed by atoms with Gasteiger partial charge in [0.1, 0.15) is 0 Å². The molecule has 4 nitrogen and oxygen atoms in total. The van der Waals surface area contributed by atoms with Gasteiger partial charge in [-0.1, -0.05) is 36.8 Å². The number of aliphatic hydroxyl groups excluding tert-OH is 1. The first-order valence-corrected chi connectivity index (χ1v) is 17.7. The van der Waals surface area contributed by atoms with Gasteiger partial charge in [0, 0.05) is 12.8 Å². The highest BCUT2D eigenvalue weighted by Crippen LogP contribution is 2.64. The molecule has 0 radical (unpaired) electrons. The minimum atomic E-state index is -3.72. The van der Waals surface area contributed by atoms with Crippen LogP contribution in [0.2, 0.25) is 0 Å². The molecule has 0 amide bonds. The molecule has 2 N–H and O–H groups in total. The zero-order valence-corrected chi connectivity index (χ0v) is 25.3. The van der Waals surface area contributed by atoms with Crippen LogP contribution in [0.3, 0.4) is 0 Å². The molecule has 5 aliphatic carbocycles. The lowest BCUT2D eigenvalue weighted by atomic mass is 9.51. The van der Waals surface area contributed by atoms with E-state index in [0.29, 0.717) is 36.0 Å². The van der Waals surface area contributed by atoms with Crippen molar-refractivity contribution in [3.63, 3.8) is 0 Å². The Morgan fingerprint density at radius 3 is 2.41 bits per heavy atom. The van der Waals surface area contributed by atoms with Crippen molar-refractivity contribution in [1.82, 2.24) is 0 Å². The second kappa shape index (κ2) is 11.0. The minimum absolute atomic E-state index is 0.0268. The van der Waals surface area contributed by atoms with E-state index >= 15 is 0 Å². The molecule has 0 spiro atoms. The highest BCUT2D eigenvalue weighted by atomic mass is 32.2. The van der Waals surface area contributed by atoms with Gasteiger partial charge in [-0.15, -0.1) is 0 Å². The highest BCUT2D eigenvalue weighted by molar-refractivity contribution is 7.92. The lowest BCUT2D eigenvalue weighted by Crippen LogP contribution is -2.46. The molecule has 8 atom stereocenters. The molecule has 4 saturated carbocycles. The van der Waals surface area contributed by atoms with Crippen LogP contribution < -0.4 is 0 Å². The van der Waals surface area contributed by atoms with Crippen LogP contribution in [-0.4, -0.2) is 41.5 Å². The van der Waals surface area contributed by atoms with Crippen LogP contribution in [0.1, 0.15) is 103 Å². The van der Waals surface area contributed by atoms with Gasteiger partial charge in [0.05, 0.1) is 21.9 Å². The van der Waals surface area contributed by atoms with Gasteiger partial charge in [0.15, 0.2) is 9.84 Å². The van der Waals surface area contributed by atoms with Gasteiger partial charge in [0.2, 0.25) is 5.92 Å². The van der Waals surface area contributed by atoms with Gasteiger partial charge < -0.3 is 10.2 Å². The van der Waals surface area contributed by atoms with Crippen molar-refractivity contribution in [2.45, 2.75) is 131 Å². The van der Waals surface area contributed by atoms with E-state index in [1.165, 1.54) is 24.8 Å². The molecule has 0 heterocycles. The molecule has 7 heteroatoms. The number of hydrogen-bond acceptors (Lipinski definition) is 4. The first kappa shape index (κ1) is 29.7. The fourth-order valence-electron chi connectivity index (χ4n) is 10.1. The molecule has 0 aromatic heterocycles. The average molecular weight is 591 g/mol. The van der Waals surface area contributed by atoms with E-state index in [1.807, 2.05) is 0 Å². The predicted octanol–water partition coefficient (Wildman–Crippen LogP) is 7.49. The minimum Gasteiger partial charge on any atom is -0.393 e. The zero-order valence-electron chi connectivity index (χ0n) is 24.5. The van der Waals surface area contributed by atoms with Gasteiger partial charge in [-0.25, -0.2) is 17.2 Å². The second-order valence-electron chi connectivity index (χ2n) is 14.7. The Balaban J connectivity index is 1.18. The molecule has 0 saturated heterocycles. The maximum Gasteiger partial charge on any atom is 0.248 e. The number of benzene rings is 1. The third kappa shape index (κ3) is 5.69. The monoisotopic (exact) mass is 590 g/mol. The molecule has 8 unspecified atom stereocenters. The number of sulfone groups is 1. The van der Waals surface area contributed by atoms with E-state index in [0.717, 1.165) is 38.5 Å². The largest absolute Gasteiger partial charge is 0.393 e. The van der Waals surface area contributed by atoms with Crippen molar-refractivity contribution < 1.29 is 27.4 Å². The van der Waals surface area contributed by atoms with Crippen LogP contribution in [0.25, 0.3) is 0 Å². The molecule has 6 rings (SSSR count). The summed E-state index contributed by atoms with van der Waals surface area (Å²) in [5, 5.41) is 20.8. The van der Waals surface area contributed by atoms with Gasteiger partial charge in [0.25, 0.3) is 0 Å². The van der Waals surface area contributed by atoms with E-state index in [4.69, 9.17) is 0 Å². The van der Waals surface area contributed by atoms with Gasteiger partial charge >= 0.3 is 0 Å². The molecule has 228 valence electrons. The summed E-state index contributed by atoms with van der Waals surface area (Å²) in [5.74, 6) is 0.319. The standard InChI is InChI=1S/C34H48F2O4S/c1-32-16-15-29-28-13-10-25(37)21-23(28)7-12-30(29)31(32)14-9-24(32)8-11-27(41(39,40)26-5-3-2-4-6-26)22-33(38)17-19-34(35,36)20-18-33/h2-7,24-25,27-31,37-38H,8-22H2,1H3. The van der Waals surface area contributed by atoms with E-state index in [9.17, 15) is 27.4 Å². The summed E-state index contributed by atoms with van der Waals surface area (Å²) >= 11 is 0. The molecule has 5 aliphatic rings. The highest BCUT2D eigenvalue weighted by Gasteiger charge is 2.56. The van der Waals surface area contributed by atoms with Crippen LogP contribution in [0, 0.1) is 35.0 Å². The number of alkyl halides is 2. The summed E-state index contributed by atoms with van der Waals surface area (Å²) in [4.78, 5) is 0.258. The summed E-state index contributed by atoms with van der Waals surface area (Å²) in [5.41, 5.74) is 0.315. The SMILES string of the molecule is CC12CCC3C4CCC(O)CC4=CCC3C1CCC2CCC(CC1(O)CCC(F)(F)CC1)S(=O)(=O)c1ccccc1. The van der Waals surface area contributed by atoms with E-state index in [-0.39, 0.29) is 48.5 Å². The molecule has 1 aromatic carbocycles. The van der Waals surface area contributed by atoms with Crippen molar-refractivity contribution >= 4 is 9.84 Å². The lowest BCUT2D eigenvalue weighted by Gasteiger charge is -2.54. The second-order valence-corrected chi connectivity index (χ2v) is 16.9. The topological polar surface area (TPSA) is 74.6 Å². The maximum atomic E-state index is 13.9. The number of fused-ring (bicyclic) bond motifs is 5. The first-order valence-electron chi connectivity index (χ1n) is 16.2. The summed E-state index contributed by atoms with van der Waals surface area (Å²) in [6.07, 6.45) is 11.3. The molecule has 0 bridgehead atoms. The Kier molecular flexibility index (Phi) is 7.98. The quantitative estimate of drug-likeness (QED) is 0.323. The Hall–Kier alpha value is -1.31. The van der Waals surface area contributed by atoms with E-state index in [1.54, 1.807) is 30.3 Å². The summed E-state index contributed by atoms with van der Waals surface area (Å²) in [6, 6.07) is 8.46. The fourth-order valence-corrected chi connectivity index (χ4v) is 12.0. The number of halogens is 2. The van der Waals surface area contributed by atoms with Gasteiger partial charge in [-0.2, -0.15) is 0 Å². The molecular weight excluding hydrogens is 542 g/mol. The molecule has 0 aliphatic heterocycles. The van der Waals surface area contributed by atoms with Crippen LogP contribution in [0.5, 0.6) is 0 Å². The third-order valence-corrected chi connectivity index (χ3v) is 14.7. The summed E-state index contributed by atoms with van der Waals surface area (Å²) in [7, 11) is -3.72. The van der Waals surface area contributed by atoms with Crippen LogP contribution in [0.4, 0.5) is 8.78 Å². The predicted molar refractivity (Wildman–Crippen MR) is 156 cm³/mol. The number of hydrogen-bond donors (Lipinski definition) is 2. The summed E-state index contributed by atoms with van der Waals surface area (Å²) in [6.45, 7) is 2.45. The Morgan fingerprint density at radius 1 is 0.951 bits per heavy atom. The lowest BCUT2D eigenvalue weighted by molar-refractivity contribution is -0.106. The zero-order chi connectivity index (χ0) is 29.0. The van der Waals surface area contributed by atoms with Crippen LogP contribution >= 0.6 is 0 Å². The van der Waals surface area contributed by atoms with Gasteiger partial charge in [-0.3, -0.25) is 0 Å². The molecule has 1 aromatic rings. The number of rotatable bonds is 7. The number of allylic oxidation sites excluding steroid dienone is 1. The fraction of sp³-hybridized carbons (Fsp3) is 0.765. The van der Waals surface area contributed by atoms with Crippen molar-refractivity contribution in [2.75, 3.05) is 0 Å². The van der Waals surface area contributed by atoms with Crippen molar-refractivity contribution in [3.8, 4) is 0 Å². The smallest absolute Gasteiger partial charge is 0.248 e. The van der Waals surface area contributed by atoms with E-state index in [2.05, 4.69) is 13.0 Å². The molecule has 41 heavy (non-hydrogen) atoms. The normalized spacial score (nSPS) is 38.7. The van der Waals surface area contributed by atoms with E-state index < -0.39 is 26.6 Å². The number of aliphatic hydroxyl groups is 2. The van der Waals surface area contributed by atoms with Gasteiger partial charge in [-0.05, 0) is 131 Å². The Bertz CT molecular complexity index is 1220. The molecule has 4 fully saturated rings. The van der Waals surface area contributed by atoms with Crippen LogP contribution in [-0.2, 0) is 9.84 Å². The van der Waals surface area contributed by atoms with Crippen molar-refractivity contribution in [3.05, 3.63) is 42.0 Å². The Labute approximate surface area is 244 Å². The Morgan fingerprint density at radius 2 is 1.68 bits per heavy atom. The van der Waals surface area contributed by atoms with Crippen molar-refractivity contribution in [1.29, 1.82) is 0 Å². The average Bonchev–Trinajstić information content (AvgIpc) is 3.29. The molecular formula is C34H48F2O4S. The van der Waals surface area contributed by atoms with Crippen LogP contribution in [0.15, 0.2) is 46.9 Å². The third-order valence-electron chi connectivity index (χ3n) is 12.5. The first-order chi connectivity index (χ1) is 19.4.